The molecule has 0 saturated carbocycles. The fraction of sp³-hybridized carbons (Fsp3) is 0.500. The van der Waals surface area contributed by atoms with E-state index >= 15 is 0 Å². The Balaban J connectivity index is 1.96. The maximum absolute atomic E-state index is 13.8. The summed E-state index contributed by atoms with van der Waals surface area (Å²) >= 11 is 5.26. The minimum Gasteiger partial charge on any atom is -0.383 e. The van der Waals surface area contributed by atoms with Gasteiger partial charge in [-0.25, -0.2) is 12.8 Å². The molecule has 0 unspecified atom stereocenters. The molecule has 1 aliphatic heterocycles. The smallest absolute Gasteiger partial charge is 0.246 e. The van der Waals surface area contributed by atoms with E-state index in [1.807, 2.05) is 4.90 Å². The van der Waals surface area contributed by atoms with Gasteiger partial charge in [-0.1, -0.05) is 12.1 Å². The van der Waals surface area contributed by atoms with Crippen LogP contribution in [0, 0.1) is 5.82 Å². The third kappa shape index (κ3) is 4.37. The number of rotatable bonds is 5. The van der Waals surface area contributed by atoms with Gasteiger partial charge in [0, 0.05) is 39.8 Å². The lowest BCUT2D eigenvalue weighted by molar-refractivity contribution is 0.201. The average Bonchev–Trinajstić information content (AvgIpc) is 2.55. The molecule has 2 rings (SSSR count). The van der Waals surface area contributed by atoms with E-state index in [0.717, 1.165) is 6.07 Å². The summed E-state index contributed by atoms with van der Waals surface area (Å²) in [6.07, 6.45) is 0. The molecule has 0 aliphatic carbocycles. The Labute approximate surface area is 141 Å². The average molecular weight is 361 g/mol. The van der Waals surface area contributed by atoms with Crippen molar-refractivity contribution in [1.29, 1.82) is 0 Å². The molecule has 1 aromatic carbocycles. The van der Waals surface area contributed by atoms with Crippen molar-refractivity contribution in [3.8, 4) is 0 Å². The summed E-state index contributed by atoms with van der Waals surface area (Å²) in [5, 5.41) is 3.63. The molecule has 1 aliphatic rings. The van der Waals surface area contributed by atoms with Crippen molar-refractivity contribution < 1.29 is 17.5 Å². The third-order valence-electron chi connectivity index (χ3n) is 3.56. The van der Waals surface area contributed by atoms with E-state index in [-0.39, 0.29) is 18.0 Å². The minimum absolute atomic E-state index is 0.267. The van der Waals surface area contributed by atoms with Crippen LogP contribution in [-0.4, -0.2) is 69.2 Å². The van der Waals surface area contributed by atoms with Gasteiger partial charge in [-0.2, -0.15) is 4.31 Å². The van der Waals surface area contributed by atoms with Gasteiger partial charge < -0.3 is 15.0 Å². The summed E-state index contributed by atoms with van der Waals surface area (Å²) in [4.78, 5) is 1.62. The number of benzene rings is 1. The van der Waals surface area contributed by atoms with Crippen LogP contribution in [0.4, 0.5) is 4.39 Å². The maximum atomic E-state index is 13.8. The van der Waals surface area contributed by atoms with E-state index in [1.165, 1.54) is 22.5 Å². The number of methoxy groups -OCH3 is 1. The molecule has 0 atom stereocenters. The highest BCUT2D eigenvalue weighted by molar-refractivity contribution is 7.89. The van der Waals surface area contributed by atoms with Crippen LogP contribution in [0.3, 0.4) is 0 Å². The first-order chi connectivity index (χ1) is 11.0. The zero-order valence-electron chi connectivity index (χ0n) is 12.9. The molecular formula is C14H20FN3O3S2. The zero-order valence-corrected chi connectivity index (χ0v) is 14.5. The summed E-state index contributed by atoms with van der Waals surface area (Å²) in [7, 11) is -2.21. The van der Waals surface area contributed by atoms with Crippen molar-refractivity contribution in [1.82, 2.24) is 14.5 Å². The van der Waals surface area contributed by atoms with Gasteiger partial charge in [-0.05, 0) is 24.4 Å². The van der Waals surface area contributed by atoms with Crippen LogP contribution in [-0.2, 0) is 14.8 Å². The lowest BCUT2D eigenvalue weighted by atomic mass is 10.3. The zero-order chi connectivity index (χ0) is 16.9. The number of thiocarbonyl (C=S) groups is 1. The summed E-state index contributed by atoms with van der Waals surface area (Å²) in [5.74, 6) is -0.730. The number of piperazine rings is 1. The summed E-state index contributed by atoms with van der Waals surface area (Å²) in [6, 6.07) is 5.42. The largest absolute Gasteiger partial charge is 0.383 e. The molecule has 1 aromatic rings. The summed E-state index contributed by atoms with van der Waals surface area (Å²) in [5.41, 5.74) is 0. The third-order valence-corrected chi connectivity index (χ3v) is 5.90. The lowest BCUT2D eigenvalue weighted by Gasteiger charge is -2.35. The molecule has 1 saturated heterocycles. The fourth-order valence-corrected chi connectivity index (χ4v) is 4.07. The number of nitrogens with zero attached hydrogens (tertiary/aromatic N) is 2. The van der Waals surface area contributed by atoms with Gasteiger partial charge in [0.1, 0.15) is 10.7 Å². The molecule has 0 aromatic heterocycles. The highest BCUT2D eigenvalue weighted by Gasteiger charge is 2.30. The quantitative estimate of drug-likeness (QED) is 0.614. The molecule has 1 fully saturated rings. The Bertz CT molecular complexity index is 646. The first kappa shape index (κ1) is 18.1. The number of nitrogens with one attached hydrogen (secondary N) is 1. The Morgan fingerprint density at radius 1 is 1.30 bits per heavy atom. The van der Waals surface area contributed by atoms with Crippen molar-refractivity contribution in [2.75, 3.05) is 46.4 Å². The Morgan fingerprint density at radius 3 is 2.57 bits per heavy atom. The predicted octanol–water partition coefficient (Wildman–Crippen LogP) is 0.653. The second-order valence-electron chi connectivity index (χ2n) is 5.05. The Hall–Kier alpha value is -1.29. The molecule has 0 amide bonds. The molecule has 0 radical (unpaired) electrons. The standard InChI is InChI=1S/C14H20FN3O3S2/c1-21-11-6-16-14(22)17-7-9-18(10-8-17)23(19,20)13-5-3-2-4-12(13)15/h2-5H,6-11H2,1H3,(H,16,22). The minimum atomic E-state index is -3.81. The molecule has 1 heterocycles. The van der Waals surface area contributed by atoms with Crippen LogP contribution in [0.15, 0.2) is 29.2 Å². The van der Waals surface area contributed by atoms with Gasteiger partial charge in [0.2, 0.25) is 10.0 Å². The van der Waals surface area contributed by atoms with Crippen LogP contribution in [0.1, 0.15) is 0 Å². The van der Waals surface area contributed by atoms with E-state index in [4.69, 9.17) is 17.0 Å². The Morgan fingerprint density at radius 2 is 1.96 bits per heavy atom. The first-order valence-corrected chi connectivity index (χ1v) is 9.08. The summed E-state index contributed by atoms with van der Waals surface area (Å²) < 4.78 is 45.0. The van der Waals surface area contributed by atoms with Crippen LogP contribution in [0.5, 0.6) is 0 Å². The number of hydrogen-bond donors (Lipinski definition) is 1. The SMILES string of the molecule is COCCNC(=S)N1CCN(S(=O)(=O)c2ccccc2F)CC1. The van der Waals surface area contributed by atoms with Crippen molar-refractivity contribution >= 4 is 27.4 Å². The van der Waals surface area contributed by atoms with Crippen LogP contribution < -0.4 is 5.32 Å². The predicted molar refractivity (Wildman–Crippen MR) is 89.2 cm³/mol. The normalized spacial score (nSPS) is 16.3. The van der Waals surface area contributed by atoms with Gasteiger partial charge >= 0.3 is 0 Å². The van der Waals surface area contributed by atoms with Crippen LogP contribution in [0.2, 0.25) is 0 Å². The van der Waals surface area contributed by atoms with Gasteiger partial charge in [0.05, 0.1) is 6.61 Å². The van der Waals surface area contributed by atoms with Crippen LogP contribution >= 0.6 is 12.2 Å². The van der Waals surface area contributed by atoms with E-state index in [2.05, 4.69) is 5.32 Å². The maximum Gasteiger partial charge on any atom is 0.246 e. The molecule has 0 spiro atoms. The molecule has 1 N–H and O–H groups in total. The van der Waals surface area contributed by atoms with Gasteiger partial charge in [0.15, 0.2) is 5.11 Å². The van der Waals surface area contributed by atoms with Gasteiger partial charge in [-0.15, -0.1) is 0 Å². The van der Waals surface area contributed by atoms with Gasteiger partial charge in [0.25, 0.3) is 0 Å². The van der Waals surface area contributed by atoms with Crippen molar-refractivity contribution in [2.45, 2.75) is 4.90 Å². The number of hydrogen-bond acceptors (Lipinski definition) is 4. The number of sulfonamides is 1. The van der Waals surface area contributed by atoms with Crippen molar-refractivity contribution in [3.05, 3.63) is 30.1 Å². The fourth-order valence-electron chi connectivity index (χ4n) is 2.30. The van der Waals surface area contributed by atoms with E-state index < -0.39 is 15.8 Å². The van der Waals surface area contributed by atoms with E-state index in [1.54, 1.807) is 7.11 Å². The van der Waals surface area contributed by atoms with E-state index in [9.17, 15) is 12.8 Å². The molecule has 9 heteroatoms. The molecular weight excluding hydrogens is 341 g/mol. The van der Waals surface area contributed by atoms with Crippen molar-refractivity contribution in [3.63, 3.8) is 0 Å². The topological polar surface area (TPSA) is 61.9 Å². The lowest BCUT2D eigenvalue weighted by Crippen LogP contribution is -2.53. The molecule has 6 nitrogen and oxygen atoms in total. The second kappa shape index (κ2) is 8.00. The Kier molecular flexibility index (Phi) is 6.28. The van der Waals surface area contributed by atoms with E-state index in [0.29, 0.717) is 31.4 Å². The van der Waals surface area contributed by atoms with Crippen LogP contribution in [0.25, 0.3) is 0 Å². The second-order valence-corrected chi connectivity index (χ2v) is 7.34. The monoisotopic (exact) mass is 361 g/mol. The molecule has 23 heavy (non-hydrogen) atoms. The van der Waals surface area contributed by atoms with Crippen molar-refractivity contribution in [2.24, 2.45) is 0 Å². The highest BCUT2D eigenvalue weighted by atomic mass is 32.2. The molecule has 0 bridgehead atoms. The summed E-state index contributed by atoms with van der Waals surface area (Å²) in [6.45, 7) is 2.61. The number of halogens is 1. The van der Waals surface area contributed by atoms with Gasteiger partial charge in [-0.3, -0.25) is 0 Å². The highest BCUT2D eigenvalue weighted by Crippen LogP contribution is 2.20. The molecule has 128 valence electrons. The first-order valence-electron chi connectivity index (χ1n) is 7.23. The number of ether oxygens (including phenoxy) is 1.